The van der Waals surface area contributed by atoms with Gasteiger partial charge >= 0.3 is 0 Å². The second-order valence-electron chi connectivity index (χ2n) is 5.29. The van der Waals surface area contributed by atoms with E-state index >= 15 is 0 Å². The van der Waals surface area contributed by atoms with Crippen LogP contribution >= 0.6 is 31.9 Å². The molecule has 0 aliphatic rings. The highest BCUT2D eigenvalue weighted by Crippen LogP contribution is 2.30. The summed E-state index contributed by atoms with van der Waals surface area (Å²) in [6, 6.07) is 9.87. The summed E-state index contributed by atoms with van der Waals surface area (Å²) in [6.07, 6.45) is 1.74. The molecule has 1 aromatic heterocycles. The molecular weight excluding hydrogens is 408 g/mol. The van der Waals surface area contributed by atoms with Crippen LogP contribution < -0.4 is 5.32 Å². The van der Waals surface area contributed by atoms with Crippen molar-refractivity contribution in [3.63, 3.8) is 0 Å². The quantitative estimate of drug-likeness (QED) is 0.558. The maximum atomic E-state index is 12.6. The number of fused-ring (bicyclic) bond motifs is 1. The number of rotatable bonds is 2. The van der Waals surface area contributed by atoms with Crippen molar-refractivity contribution in [2.24, 2.45) is 0 Å². The molecule has 0 atom stereocenters. The van der Waals surface area contributed by atoms with Crippen LogP contribution in [-0.2, 0) is 0 Å². The zero-order chi connectivity index (χ0) is 15.9. The minimum absolute atomic E-state index is 0.118. The largest absolute Gasteiger partial charge is 0.360 e. The molecule has 0 unspecified atom stereocenters. The van der Waals surface area contributed by atoms with Crippen molar-refractivity contribution in [1.29, 1.82) is 0 Å². The van der Waals surface area contributed by atoms with Crippen molar-refractivity contribution < 1.29 is 4.79 Å². The molecule has 1 amide bonds. The van der Waals surface area contributed by atoms with Gasteiger partial charge in [-0.1, -0.05) is 17.7 Å². The van der Waals surface area contributed by atoms with E-state index in [2.05, 4.69) is 48.2 Å². The fourth-order valence-corrected chi connectivity index (χ4v) is 3.13. The summed E-state index contributed by atoms with van der Waals surface area (Å²) in [4.78, 5) is 15.7. The molecule has 0 spiro atoms. The van der Waals surface area contributed by atoms with Crippen LogP contribution in [0.5, 0.6) is 0 Å². The highest BCUT2D eigenvalue weighted by molar-refractivity contribution is 9.13. The summed E-state index contributed by atoms with van der Waals surface area (Å²) < 4.78 is 1.86. The van der Waals surface area contributed by atoms with Crippen LogP contribution in [0.3, 0.4) is 0 Å². The molecule has 0 saturated heterocycles. The number of amides is 1. The smallest absolute Gasteiger partial charge is 0.257 e. The molecule has 3 rings (SSSR count). The van der Waals surface area contributed by atoms with Gasteiger partial charge in [-0.05, 0) is 69.5 Å². The van der Waals surface area contributed by atoms with Crippen LogP contribution in [0.15, 0.2) is 45.5 Å². The lowest BCUT2D eigenvalue weighted by Gasteiger charge is -2.09. The number of anilines is 1. The third-order valence-electron chi connectivity index (χ3n) is 3.60. The monoisotopic (exact) mass is 420 g/mol. The third kappa shape index (κ3) is 2.83. The minimum atomic E-state index is -0.118. The van der Waals surface area contributed by atoms with Crippen LogP contribution in [0.2, 0.25) is 0 Å². The number of hydrogen-bond acceptors (Lipinski definition) is 1. The summed E-state index contributed by atoms with van der Waals surface area (Å²) in [5, 5.41) is 3.87. The van der Waals surface area contributed by atoms with Gasteiger partial charge in [0.1, 0.15) is 0 Å². The highest BCUT2D eigenvalue weighted by Gasteiger charge is 2.14. The zero-order valence-electron chi connectivity index (χ0n) is 12.1. The molecule has 0 radical (unpaired) electrons. The summed E-state index contributed by atoms with van der Waals surface area (Å²) in [5.74, 6) is -0.118. The number of aromatic nitrogens is 1. The Kier molecular flexibility index (Phi) is 4.10. The molecule has 0 aliphatic carbocycles. The number of halogens is 2. The number of H-pyrrole nitrogens is 1. The summed E-state index contributed by atoms with van der Waals surface area (Å²) in [5.41, 5.74) is 4.61. The van der Waals surface area contributed by atoms with Crippen LogP contribution in [0.25, 0.3) is 10.9 Å². The standard InChI is InChI=1S/C17H14Br2N2O/c1-9-3-4-15(10(2)5-9)21-17(22)12-8-20-16-7-14(19)13(18)6-11(12)16/h3-8,20H,1-2H3,(H,21,22). The molecule has 5 heteroatoms. The Balaban J connectivity index is 1.97. The molecule has 0 aliphatic heterocycles. The van der Waals surface area contributed by atoms with Crippen LogP contribution in [-0.4, -0.2) is 10.9 Å². The van der Waals surface area contributed by atoms with E-state index in [1.54, 1.807) is 6.20 Å². The Labute approximate surface area is 145 Å². The molecular formula is C17H14Br2N2O. The van der Waals surface area contributed by atoms with Gasteiger partial charge in [0.15, 0.2) is 0 Å². The Morgan fingerprint density at radius 3 is 2.55 bits per heavy atom. The van der Waals surface area contributed by atoms with E-state index in [4.69, 9.17) is 0 Å². The number of carbonyl (C=O) groups is 1. The molecule has 2 N–H and O–H groups in total. The first-order valence-electron chi connectivity index (χ1n) is 6.80. The van der Waals surface area contributed by atoms with Gasteiger partial charge in [0.05, 0.1) is 5.56 Å². The number of benzene rings is 2. The van der Waals surface area contributed by atoms with Crippen molar-refractivity contribution in [2.45, 2.75) is 13.8 Å². The maximum absolute atomic E-state index is 12.6. The fourth-order valence-electron chi connectivity index (χ4n) is 2.45. The number of carbonyl (C=O) groups excluding carboxylic acids is 1. The van der Waals surface area contributed by atoms with E-state index in [1.165, 1.54) is 5.56 Å². The Hall–Kier alpha value is -1.59. The van der Waals surface area contributed by atoms with Gasteiger partial charge in [0.25, 0.3) is 5.91 Å². The first kappa shape index (κ1) is 15.3. The average molecular weight is 422 g/mol. The first-order valence-corrected chi connectivity index (χ1v) is 8.39. The van der Waals surface area contributed by atoms with Crippen LogP contribution in [0.4, 0.5) is 5.69 Å². The molecule has 1 heterocycles. The van der Waals surface area contributed by atoms with E-state index in [0.29, 0.717) is 5.56 Å². The van der Waals surface area contributed by atoms with Crippen molar-refractivity contribution in [3.8, 4) is 0 Å². The summed E-state index contributed by atoms with van der Waals surface area (Å²) in [7, 11) is 0. The van der Waals surface area contributed by atoms with Crippen LogP contribution in [0, 0.1) is 13.8 Å². The molecule has 2 aromatic carbocycles. The Morgan fingerprint density at radius 1 is 1.09 bits per heavy atom. The number of hydrogen-bond donors (Lipinski definition) is 2. The van der Waals surface area contributed by atoms with Gasteiger partial charge in [0.2, 0.25) is 0 Å². The van der Waals surface area contributed by atoms with Gasteiger partial charge in [-0.15, -0.1) is 0 Å². The third-order valence-corrected chi connectivity index (χ3v) is 5.44. The molecule has 0 bridgehead atoms. The maximum Gasteiger partial charge on any atom is 0.257 e. The van der Waals surface area contributed by atoms with Crippen molar-refractivity contribution in [3.05, 3.63) is 62.2 Å². The summed E-state index contributed by atoms with van der Waals surface area (Å²) in [6.45, 7) is 4.03. The van der Waals surface area contributed by atoms with E-state index in [0.717, 1.165) is 31.1 Å². The number of aromatic amines is 1. The predicted octanol–water partition coefficient (Wildman–Crippen LogP) is 5.56. The lowest BCUT2D eigenvalue weighted by atomic mass is 10.1. The van der Waals surface area contributed by atoms with Crippen molar-refractivity contribution >= 4 is 54.4 Å². The van der Waals surface area contributed by atoms with E-state index in [9.17, 15) is 4.79 Å². The van der Waals surface area contributed by atoms with Gasteiger partial charge in [-0.3, -0.25) is 4.79 Å². The average Bonchev–Trinajstić information content (AvgIpc) is 2.85. The molecule has 3 nitrogen and oxygen atoms in total. The normalized spacial score (nSPS) is 10.9. The second-order valence-corrected chi connectivity index (χ2v) is 7.00. The van der Waals surface area contributed by atoms with Gasteiger partial charge in [0, 0.05) is 31.7 Å². The first-order chi connectivity index (χ1) is 10.5. The minimum Gasteiger partial charge on any atom is -0.360 e. The Bertz CT molecular complexity index is 884. The van der Waals surface area contributed by atoms with E-state index in [1.807, 2.05) is 38.1 Å². The molecule has 112 valence electrons. The number of aryl methyl sites for hydroxylation is 2. The zero-order valence-corrected chi connectivity index (χ0v) is 15.3. The van der Waals surface area contributed by atoms with Crippen LogP contribution in [0.1, 0.15) is 21.5 Å². The highest BCUT2D eigenvalue weighted by atomic mass is 79.9. The van der Waals surface area contributed by atoms with Crippen molar-refractivity contribution in [2.75, 3.05) is 5.32 Å². The number of nitrogens with one attached hydrogen (secondary N) is 2. The predicted molar refractivity (Wildman–Crippen MR) is 97.6 cm³/mol. The lowest BCUT2D eigenvalue weighted by molar-refractivity contribution is 0.102. The Morgan fingerprint density at radius 2 is 1.82 bits per heavy atom. The van der Waals surface area contributed by atoms with Gasteiger partial charge in [-0.2, -0.15) is 0 Å². The lowest BCUT2D eigenvalue weighted by Crippen LogP contribution is -2.12. The molecule has 3 aromatic rings. The van der Waals surface area contributed by atoms with E-state index in [-0.39, 0.29) is 5.91 Å². The molecule has 0 saturated carbocycles. The van der Waals surface area contributed by atoms with E-state index < -0.39 is 0 Å². The van der Waals surface area contributed by atoms with Crippen molar-refractivity contribution in [1.82, 2.24) is 4.98 Å². The second kappa shape index (κ2) is 5.89. The SMILES string of the molecule is Cc1ccc(NC(=O)c2c[nH]c3cc(Br)c(Br)cc23)c(C)c1. The van der Waals surface area contributed by atoms with Gasteiger partial charge < -0.3 is 10.3 Å². The topological polar surface area (TPSA) is 44.9 Å². The fraction of sp³-hybridized carbons (Fsp3) is 0.118. The van der Waals surface area contributed by atoms with Gasteiger partial charge in [-0.25, -0.2) is 0 Å². The molecule has 22 heavy (non-hydrogen) atoms. The summed E-state index contributed by atoms with van der Waals surface area (Å²) >= 11 is 6.94. The molecule has 0 fully saturated rings.